The van der Waals surface area contributed by atoms with Crippen molar-refractivity contribution in [3.63, 3.8) is 0 Å². The monoisotopic (exact) mass is 687 g/mol. The Balaban J connectivity index is 1.06. The molecule has 4 heterocycles. The maximum Gasteiger partial charge on any atom is 0.329 e. The van der Waals surface area contributed by atoms with Crippen LogP contribution in [-0.2, 0) is 42.9 Å². The first-order valence-corrected chi connectivity index (χ1v) is 16.3. The summed E-state index contributed by atoms with van der Waals surface area (Å²) in [7, 11) is -2.76. The number of nitrogens with zero attached hydrogens (tertiary/aromatic N) is 4. The Hall–Kier alpha value is -6.10. The summed E-state index contributed by atoms with van der Waals surface area (Å²) in [6, 6.07) is 13.3. The van der Waals surface area contributed by atoms with E-state index in [0.29, 0.717) is 37.8 Å². The molecule has 1 unspecified atom stereocenters. The number of fused-ring (bicyclic) bond motifs is 2. The lowest BCUT2D eigenvalue weighted by Crippen LogP contribution is -2.44. The van der Waals surface area contributed by atoms with E-state index in [1.165, 1.54) is 33.5 Å². The quantitative estimate of drug-likeness (QED) is 0.192. The number of rotatable bonds is 6. The largest absolute Gasteiger partial charge is 0.506 e. The number of phenols is 1. The molecule has 4 N–H and O–H groups in total. The Labute approximate surface area is 276 Å². The second-order valence-electron chi connectivity index (χ2n) is 11.7. The molecule has 49 heavy (non-hydrogen) atoms. The second kappa shape index (κ2) is 11.6. The van der Waals surface area contributed by atoms with Crippen molar-refractivity contribution in [3.05, 3.63) is 82.7 Å². The van der Waals surface area contributed by atoms with Crippen LogP contribution in [0.15, 0.2) is 65.6 Å². The fourth-order valence-corrected chi connectivity index (χ4v) is 7.29. The van der Waals surface area contributed by atoms with Gasteiger partial charge in [-0.2, -0.15) is 8.42 Å². The van der Waals surface area contributed by atoms with Crippen LogP contribution in [0.5, 0.6) is 5.75 Å². The van der Waals surface area contributed by atoms with Gasteiger partial charge >= 0.3 is 15.9 Å². The number of aryl methyl sites for hydroxylation is 1. The molecule has 3 aromatic carbocycles. The molecule has 4 amide bonds. The van der Waals surface area contributed by atoms with E-state index in [1.807, 2.05) is 0 Å². The first-order valence-electron chi connectivity index (χ1n) is 14.9. The molecule has 5 aromatic rings. The average molecular weight is 688 g/mol. The molecule has 0 bridgehead atoms. The lowest BCUT2D eigenvalue weighted by atomic mass is 10.0. The number of anilines is 2. The van der Waals surface area contributed by atoms with Gasteiger partial charge in [0.15, 0.2) is 5.82 Å². The van der Waals surface area contributed by atoms with Crippen LogP contribution >= 0.6 is 0 Å². The van der Waals surface area contributed by atoms with Gasteiger partial charge in [0, 0.05) is 30.1 Å². The van der Waals surface area contributed by atoms with Gasteiger partial charge in [0.2, 0.25) is 17.7 Å². The minimum Gasteiger partial charge on any atom is -0.506 e. The molecule has 2 fully saturated rings. The van der Waals surface area contributed by atoms with E-state index in [1.54, 1.807) is 42.1 Å². The summed E-state index contributed by atoms with van der Waals surface area (Å²) in [5.41, 5.74) is 2.19. The summed E-state index contributed by atoms with van der Waals surface area (Å²) in [4.78, 5) is 66.1. The molecular weight excluding hydrogens is 661 g/mol. The molecule has 2 aliphatic rings. The van der Waals surface area contributed by atoms with Crippen LogP contribution in [0, 0.1) is 5.82 Å². The number of imide groups is 1. The Bertz CT molecular complexity index is 2440. The van der Waals surface area contributed by atoms with Gasteiger partial charge < -0.3 is 10.4 Å². The third-order valence-electron chi connectivity index (χ3n) is 8.50. The minimum absolute atomic E-state index is 0.0134. The highest BCUT2D eigenvalue weighted by atomic mass is 32.2. The molecule has 250 valence electrons. The number of carbonyl (C=O) groups is 4. The molecule has 0 aliphatic carbocycles. The number of hydrogen-bond acceptors (Lipinski definition) is 9. The highest BCUT2D eigenvalue weighted by molar-refractivity contribution is 7.92. The van der Waals surface area contributed by atoms with Gasteiger partial charge in [-0.05, 0) is 47.7 Å². The highest BCUT2D eigenvalue weighted by Gasteiger charge is 2.38. The van der Waals surface area contributed by atoms with Crippen molar-refractivity contribution in [2.75, 3.05) is 16.2 Å². The zero-order chi connectivity index (χ0) is 34.8. The van der Waals surface area contributed by atoms with Crippen LogP contribution in [0.2, 0.25) is 0 Å². The Morgan fingerprint density at radius 1 is 1.04 bits per heavy atom. The topological polar surface area (TPSA) is 202 Å². The van der Waals surface area contributed by atoms with E-state index in [0.717, 1.165) is 6.07 Å². The molecule has 2 aliphatic heterocycles. The number of imidazole rings is 1. The van der Waals surface area contributed by atoms with E-state index < -0.39 is 57.6 Å². The normalized spacial score (nSPS) is 17.4. The van der Waals surface area contributed by atoms with E-state index >= 15 is 4.39 Å². The summed E-state index contributed by atoms with van der Waals surface area (Å²) in [5.74, 6) is -3.91. The number of carbonyl (C=O) groups excluding carboxylic acids is 4. The number of aromatic nitrogens is 3. The zero-order valence-corrected chi connectivity index (χ0v) is 26.4. The summed E-state index contributed by atoms with van der Waals surface area (Å²) >= 11 is 0. The maximum absolute atomic E-state index is 15.4. The van der Waals surface area contributed by atoms with Gasteiger partial charge in [0.25, 0.3) is 5.91 Å². The Morgan fingerprint density at radius 3 is 2.49 bits per heavy atom. The lowest BCUT2D eigenvalue weighted by Gasteiger charge is -2.21. The summed E-state index contributed by atoms with van der Waals surface area (Å²) in [5, 5.41) is 15.6. The molecule has 0 spiro atoms. The van der Waals surface area contributed by atoms with Gasteiger partial charge in [-0.25, -0.2) is 18.2 Å². The average Bonchev–Trinajstić information content (AvgIpc) is 3.46. The van der Waals surface area contributed by atoms with Crippen molar-refractivity contribution in [1.82, 2.24) is 24.2 Å². The number of amides is 4. The van der Waals surface area contributed by atoms with Gasteiger partial charge in [-0.3, -0.25) is 38.6 Å². The third-order valence-corrected chi connectivity index (χ3v) is 9.87. The van der Waals surface area contributed by atoms with Gasteiger partial charge in [-0.15, -0.1) is 0 Å². The molecule has 2 aromatic heterocycles. The summed E-state index contributed by atoms with van der Waals surface area (Å²) < 4.78 is 44.7. The second-order valence-corrected chi connectivity index (χ2v) is 13.3. The van der Waals surface area contributed by atoms with Crippen LogP contribution in [0.4, 0.5) is 15.8 Å². The summed E-state index contributed by atoms with van der Waals surface area (Å²) in [6.07, 6.45) is 1.83. The van der Waals surface area contributed by atoms with Crippen molar-refractivity contribution in [2.24, 2.45) is 7.05 Å². The molecule has 1 atom stereocenters. The number of nitrogens with one attached hydrogen (secondary N) is 3. The van der Waals surface area contributed by atoms with Crippen molar-refractivity contribution in [1.29, 1.82) is 0 Å². The fourth-order valence-electron chi connectivity index (χ4n) is 6.13. The molecule has 17 heteroatoms. The first kappa shape index (κ1) is 31.5. The fraction of sp³-hybridized carbons (Fsp3) is 0.188. The van der Waals surface area contributed by atoms with Crippen LogP contribution in [0.1, 0.15) is 24.4 Å². The summed E-state index contributed by atoms with van der Waals surface area (Å²) in [6.45, 7) is -0.680. The smallest absolute Gasteiger partial charge is 0.329 e. The molecule has 2 saturated heterocycles. The molecule has 0 radical (unpaired) electrons. The maximum atomic E-state index is 15.4. The van der Waals surface area contributed by atoms with Crippen molar-refractivity contribution in [2.45, 2.75) is 25.3 Å². The van der Waals surface area contributed by atoms with E-state index in [4.69, 9.17) is 0 Å². The number of phenolic OH excluding ortho intramolecular Hbond substituents is 1. The van der Waals surface area contributed by atoms with E-state index in [9.17, 15) is 37.5 Å². The number of pyridine rings is 1. The van der Waals surface area contributed by atoms with Crippen LogP contribution < -0.4 is 25.4 Å². The van der Waals surface area contributed by atoms with Gasteiger partial charge in [0.1, 0.15) is 24.0 Å². The predicted molar refractivity (Wildman–Crippen MR) is 174 cm³/mol. The number of hydrogen-bond donors (Lipinski definition) is 4. The zero-order valence-electron chi connectivity index (χ0n) is 25.6. The Morgan fingerprint density at radius 2 is 1.80 bits per heavy atom. The molecular formula is C32H26FN7O8S. The number of aromatic hydroxyl groups is 1. The SMILES string of the molecule is Cn1c(=O)n(C2CCC(=O)NC2=O)c2cnc(-c3ccc(CC(=O)Nc4ccc5c(F)c(N6CC(=O)NS6(=O)=O)c(O)cc5c4)cc3)cc21. The van der Waals surface area contributed by atoms with E-state index in [2.05, 4.69) is 15.6 Å². The number of benzene rings is 3. The van der Waals surface area contributed by atoms with Crippen LogP contribution in [0.25, 0.3) is 33.1 Å². The number of piperidine rings is 1. The first-order chi connectivity index (χ1) is 23.3. The van der Waals surface area contributed by atoms with E-state index in [-0.39, 0.29) is 41.8 Å². The lowest BCUT2D eigenvalue weighted by molar-refractivity contribution is -0.135. The molecule has 15 nitrogen and oxygen atoms in total. The standard InChI is InChI=1S/C32H26FN7O8S/c1-38-23-13-21(34-14-24(23)40(32(38)46)22-8-9-26(42)36-31(22)45)17-4-2-16(3-5-17)10-27(43)35-19-6-7-20-18(11-19)12-25(41)30(29(20)33)39-15-28(44)37-49(39,47)48/h2-7,11-14,22,41H,8-10,15H2,1H3,(H,35,43)(H,37,44)(H,36,42,45). The molecule has 7 rings (SSSR count). The predicted octanol–water partition coefficient (Wildman–Crippen LogP) is 1.74. The van der Waals surface area contributed by atoms with Gasteiger partial charge in [-0.1, -0.05) is 24.3 Å². The van der Waals surface area contributed by atoms with Crippen LogP contribution in [0.3, 0.4) is 0 Å². The Kier molecular flexibility index (Phi) is 7.42. The van der Waals surface area contributed by atoms with Gasteiger partial charge in [0.05, 0.1) is 29.3 Å². The number of halogens is 1. The van der Waals surface area contributed by atoms with Crippen molar-refractivity contribution in [3.8, 4) is 17.0 Å². The van der Waals surface area contributed by atoms with Crippen molar-refractivity contribution < 1.29 is 37.1 Å². The highest BCUT2D eigenvalue weighted by Crippen LogP contribution is 2.39. The minimum atomic E-state index is -4.35. The van der Waals surface area contributed by atoms with Crippen molar-refractivity contribution >= 4 is 67.0 Å². The van der Waals surface area contributed by atoms with Crippen LogP contribution in [-0.4, -0.2) is 57.8 Å². The molecule has 0 saturated carbocycles. The third kappa shape index (κ3) is 5.52.